The van der Waals surface area contributed by atoms with Crippen molar-refractivity contribution in [1.82, 2.24) is 10.3 Å². The minimum atomic E-state index is -0.599. The van der Waals surface area contributed by atoms with Crippen molar-refractivity contribution in [3.8, 4) is 0 Å². The molecule has 0 atom stereocenters. The Kier molecular flexibility index (Phi) is 5.22. The largest absolute Gasteiger partial charge is 0.452 e. The first-order chi connectivity index (χ1) is 12.6. The average Bonchev–Trinajstić information content (AvgIpc) is 3.05. The molecule has 6 heteroatoms. The molecule has 6 nitrogen and oxygen atoms in total. The number of para-hydroxylation sites is 2. The molecule has 26 heavy (non-hydrogen) atoms. The number of carbonyl (C=O) groups is 2. The summed E-state index contributed by atoms with van der Waals surface area (Å²) in [7, 11) is 0. The molecule has 4 N–H and O–H groups in total. The summed E-state index contributed by atoms with van der Waals surface area (Å²) in [5, 5.41) is 3.90. The Morgan fingerprint density at radius 2 is 1.96 bits per heavy atom. The van der Waals surface area contributed by atoms with Gasteiger partial charge in [0.15, 0.2) is 6.61 Å². The fraction of sp³-hybridized carbons (Fsp3) is 0.200. The van der Waals surface area contributed by atoms with Crippen LogP contribution in [0.25, 0.3) is 10.9 Å². The lowest BCUT2D eigenvalue weighted by Gasteiger charge is -2.09. The Hall–Kier alpha value is -3.28. The van der Waals surface area contributed by atoms with E-state index >= 15 is 0 Å². The van der Waals surface area contributed by atoms with Crippen molar-refractivity contribution in [2.24, 2.45) is 0 Å². The van der Waals surface area contributed by atoms with Gasteiger partial charge in [-0.2, -0.15) is 0 Å². The van der Waals surface area contributed by atoms with Gasteiger partial charge in [0.25, 0.3) is 5.91 Å². The number of aromatic nitrogens is 1. The van der Waals surface area contributed by atoms with Crippen LogP contribution < -0.4 is 11.1 Å². The average molecular weight is 351 g/mol. The fourth-order valence-electron chi connectivity index (χ4n) is 2.79. The van der Waals surface area contributed by atoms with Gasteiger partial charge in [-0.3, -0.25) is 4.79 Å². The summed E-state index contributed by atoms with van der Waals surface area (Å²) in [6.07, 6.45) is 2.63. The first-order valence-electron chi connectivity index (χ1n) is 8.40. The standard InChI is InChI=1S/C20H21N3O3/c1-13-5-4-7-16(19(13)21)20(25)26-12-18(24)22-10-9-14-11-23-17-8-3-2-6-15(14)17/h2-8,11,23H,9-10,12,21H2,1H3,(H,22,24). The van der Waals surface area contributed by atoms with Gasteiger partial charge in [0.1, 0.15) is 0 Å². The van der Waals surface area contributed by atoms with Crippen molar-refractivity contribution < 1.29 is 14.3 Å². The number of esters is 1. The first kappa shape index (κ1) is 17.5. The van der Waals surface area contributed by atoms with E-state index in [0.717, 1.165) is 22.0 Å². The lowest BCUT2D eigenvalue weighted by molar-refractivity contribution is -0.124. The molecule has 1 aromatic heterocycles. The van der Waals surface area contributed by atoms with Gasteiger partial charge in [-0.1, -0.05) is 30.3 Å². The van der Waals surface area contributed by atoms with E-state index in [1.54, 1.807) is 12.1 Å². The van der Waals surface area contributed by atoms with Gasteiger partial charge in [-0.05, 0) is 36.6 Å². The molecule has 0 fully saturated rings. The summed E-state index contributed by atoms with van der Waals surface area (Å²) in [5.74, 6) is -0.942. The molecule has 0 aliphatic rings. The second-order valence-corrected chi connectivity index (χ2v) is 6.07. The third-order valence-electron chi connectivity index (χ3n) is 4.27. The third kappa shape index (κ3) is 3.85. The number of H-pyrrole nitrogens is 1. The van der Waals surface area contributed by atoms with Crippen LogP contribution in [-0.2, 0) is 16.0 Å². The van der Waals surface area contributed by atoms with E-state index in [-0.39, 0.29) is 18.1 Å². The second kappa shape index (κ2) is 7.74. The highest BCUT2D eigenvalue weighted by Gasteiger charge is 2.14. The number of amides is 1. The number of aryl methyl sites for hydroxylation is 1. The molecular weight excluding hydrogens is 330 g/mol. The zero-order valence-electron chi connectivity index (χ0n) is 14.5. The zero-order valence-corrected chi connectivity index (χ0v) is 14.5. The van der Waals surface area contributed by atoms with Crippen LogP contribution in [0.4, 0.5) is 5.69 Å². The highest BCUT2D eigenvalue weighted by molar-refractivity contribution is 5.96. The van der Waals surface area contributed by atoms with Gasteiger partial charge < -0.3 is 20.8 Å². The Labute approximate surface area is 151 Å². The fourth-order valence-corrected chi connectivity index (χ4v) is 2.79. The molecule has 1 amide bonds. The summed E-state index contributed by atoms with van der Waals surface area (Å²) in [6.45, 7) is 1.94. The number of nitrogens with one attached hydrogen (secondary N) is 2. The molecule has 0 aliphatic heterocycles. The molecule has 0 saturated carbocycles. The summed E-state index contributed by atoms with van der Waals surface area (Å²) < 4.78 is 5.05. The van der Waals surface area contributed by atoms with Crippen molar-refractivity contribution >= 4 is 28.5 Å². The smallest absolute Gasteiger partial charge is 0.340 e. The highest BCUT2D eigenvalue weighted by atomic mass is 16.5. The number of benzene rings is 2. The Morgan fingerprint density at radius 1 is 1.15 bits per heavy atom. The van der Waals surface area contributed by atoms with Gasteiger partial charge in [-0.15, -0.1) is 0 Å². The number of hydrogen-bond donors (Lipinski definition) is 3. The predicted molar refractivity (Wildman–Crippen MR) is 101 cm³/mol. The van der Waals surface area contributed by atoms with Crippen molar-refractivity contribution in [1.29, 1.82) is 0 Å². The van der Waals surface area contributed by atoms with Crippen LogP contribution in [0.5, 0.6) is 0 Å². The zero-order chi connectivity index (χ0) is 18.5. The van der Waals surface area contributed by atoms with Gasteiger partial charge in [-0.25, -0.2) is 4.79 Å². The molecule has 2 aromatic carbocycles. The number of aromatic amines is 1. The summed E-state index contributed by atoms with van der Waals surface area (Å²) in [5.41, 5.74) is 9.50. The third-order valence-corrected chi connectivity index (χ3v) is 4.27. The molecule has 0 bridgehead atoms. The maximum atomic E-state index is 12.0. The number of ether oxygens (including phenoxy) is 1. The van der Waals surface area contributed by atoms with Crippen molar-refractivity contribution in [3.05, 3.63) is 65.4 Å². The maximum Gasteiger partial charge on any atom is 0.340 e. The highest BCUT2D eigenvalue weighted by Crippen LogP contribution is 2.18. The molecule has 1 heterocycles. The van der Waals surface area contributed by atoms with Crippen LogP contribution in [0.2, 0.25) is 0 Å². The minimum absolute atomic E-state index is 0.275. The van der Waals surface area contributed by atoms with Gasteiger partial charge in [0, 0.05) is 29.3 Å². The van der Waals surface area contributed by atoms with E-state index in [9.17, 15) is 9.59 Å². The number of rotatable bonds is 6. The van der Waals surface area contributed by atoms with Crippen LogP contribution in [0.3, 0.4) is 0 Å². The molecule has 3 aromatic rings. The molecule has 3 rings (SSSR count). The summed E-state index contributed by atoms with van der Waals surface area (Å²) in [6, 6.07) is 13.1. The van der Waals surface area contributed by atoms with E-state index in [1.807, 2.05) is 43.5 Å². The molecule has 0 unspecified atom stereocenters. The van der Waals surface area contributed by atoms with Crippen LogP contribution in [0.15, 0.2) is 48.7 Å². The molecule has 0 spiro atoms. The number of anilines is 1. The predicted octanol–water partition coefficient (Wildman–Crippen LogP) is 2.57. The van der Waals surface area contributed by atoms with Gasteiger partial charge >= 0.3 is 5.97 Å². The van der Waals surface area contributed by atoms with E-state index in [0.29, 0.717) is 18.7 Å². The van der Waals surface area contributed by atoms with Gasteiger partial charge in [0.05, 0.1) is 5.56 Å². The lowest BCUT2D eigenvalue weighted by Crippen LogP contribution is -2.30. The normalized spacial score (nSPS) is 10.7. The Balaban J connectivity index is 1.47. The van der Waals surface area contributed by atoms with E-state index < -0.39 is 5.97 Å². The number of hydrogen-bond acceptors (Lipinski definition) is 4. The minimum Gasteiger partial charge on any atom is -0.452 e. The Morgan fingerprint density at radius 3 is 2.81 bits per heavy atom. The van der Waals surface area contributed by atoms with Crippen molar-refractivity contribution in [2.75, 3.05) is 18.9 Å². The van der Waals surface area contributed by atoms with Crippen molar-refractivity contribution in [3.63, 3.8) is 0 Å². The van der Waals surface area contributed by atoms with Gasteiger partial charge in [0.2, 0.25) is 0 Å². The SMILES string of the molecule is Cc1cccc(C(=O)OCC(=O)NCCc2c[nH]c3ccccc23)c1N. The van der Waals surface area contributed by atoms with Crippen LogP contribution in [0.1, 0.15) is 21.5 Å². The molecule has 0 radical (unpaired) electrons. The van der Waals surface area contributed by atoms with Crippen LogP contribution >= 0.6 is 0 Å². The molecular formula is C20H21N3O3. The summed E-state index contributed by atoms with van der Waals surface area (Å²) in [4.78, 5) is 27.1. The lowest BCUT2D eigenvalue weighted by atomic mass is 10.1. The number of nitrogen functional groups attached to an aromatic ring is 1. The maximum absolute atomic E-state index is 12.0. The van der Waals surface area contributed by atoms with Crippen LogP contribution in [0, 0.1) is 6.92 Å². The van der Waals surface area contributed by atoms with E-state index in [4.69, 9.17) is 10.5 Å². The monoisotopic (exact) mass is 351 g/mol. The molecule has 134 valence electrons. The van der Waals surface area contributed by atoms with Crippen molar-refractivity contribution in [2.45, 2.75) is 13.3 Å². The quantitative estimate of drug-likeness (QED) is 0.470. The number of nitrogens with two attached hydrogens (primary N) is 1. The van der Waals surface area contributed by atoms with E-state index in [1.165, 1.54) is 0 Å². The van der Waals surface area contributed by atoms with E-state index in [2.05, 4.69) is 10.3 Å². The topological polar surface area (TPSA) is 97.2 Å². The first-order valence-corrected chi connectivity index (χ1v) is 8.40. The molecule has 0 saturated heterocycles. The van der Waals surface area contributed by atoms with Crippen LogP contribution in [-0.4, -0.2) is 30.0 Å². The summed E-state index contributed by atoms with van der Waals surface area (Å²) >= 11 is 0. The number of fused-ring (bicyclic) bond motifs is 1. The second-order valence-electron chi connectivity index (χ2n) is 6.07. The Bertz CT molecular complexity index is 946. The molecule has 0 aliphatic carbocycles. The number of carbonyl (C=O) groups excluding carboxylic acids is 2.